The quantitative estimate of drug-likeness (QED) is 0.483. The van der Waals surface area contributed by atoms with Gasteiger partial charge in [0.15, 0.2) is 0 Å². The van der Waals surface area contributed by atoms with Crippen LogP contribution in [-0.2, 0) is 0 Å². The zero-order chi connectivity index (χ0) is 7.78. The Morgan fingerprint density at radius 3 is 2.50 bits per heavy atom. The maximum Gasteiger partial charge on any atom is 0.116 e. The van der Waals surface area contributed by atoms with Gasteiger partial charge in [-0.25, -0.2) is 4.39 Å². The zero-order valence-electron chi connectivity index (χ0n) is 6.53. The summed E-state index contributed by atoms with van der Waals surface area (Å²) < 4.78 is 12.8. The second kappa shape index (κ2) is 2.69. The smallest absolute Gasteiger partial charge is 0.116 e. The van der Waals surface area contributed by atoms with Crippen molar-refractivity contribution >= 4 is 11.6 Å². The van der Waals surface area contributed by atoms with Crippen LogP contribution in [0.25, 0.3) is 0 Å². The Kier molecular flexibility index (Phi) is 2.24. The maximum absolute atomic E-state index is 12.8. The van der Waals surface area contributed by atoms with Gasteiger partial charge in [-0.15, -0.1) is 11.6 Å². The van der Waals surface area contributed by atoms with Crippen molar-refractivity contribution in [3.8, 4) is 0 Å². The Hall–Kier alpha value is 0.220. The molecule has 0 unspecified atom stereocenters. The molecule has 0 radical (unpaired) electrons. The molecule has 0 aromatic rings. The van der Waals surface area contributed by atoms with Crippen molar-refractivity contribution < 1.29 is 4.39 Å². The second-order valence-electron chi connectivity index (χ2n) is 3.94. The van der Waals surface area contributed by atoms with Crippen LogP contribution in [0.1, 0.15) is 33.1 Å². The summed E-state index contributed by atoms with van der Waals surface area (Å²) in [7, 11) is 0. The number of hydrogen-bond donors (Lipinski definition) is 0. The molecular formula is C8H14ClF. The number of halogens is 2. The molecule has 0 bridgehead atoms. The van der Waals surface area contributed by atoms with Gasteiger partial charge in [0.2, 0.25) is 0 Å². The highest BCUT2D eigenvalue weighted by Gasteiger charge is 2.33. The Labute approximate surface area is 66.8 Å². The van der Waals surface area contributed by atoms with Crippen LogP contribution in [0.2, 0.25) is 0 Å². The summed E-state index contributed by atoms with van der Waals surface area (Å²) >= 11 is 5.78. The Morgan fingerprint density at radius 1 is 1.50 bits per heavy atom. The number of rotatable bonds is 0. The van der Waals surface area contributed by atoms with E-state index in [0.29, 0.717) is 6.42 Å². The first-order valence-electron chi connectivity index (χ1n) is 3.79. The third-order valence-electron chi connectivity index (χ3n) is 2.24. The summed E-state index contributed by atoms with van der Waals surface area (Å²) in [6, 6.07) is 0. The van der Waals surface area contributed by atoms with Crippen molar-refractivity contribution in [1.29, 1.82) is 0 Å². The summed E-state index contributed by atoms with van der Waals surface area (Å²) in [5.41, 5.74) is 0.259. The van der Waals surface area contributed by atoms with Gasteiger partial charge in [-0.3, -0.25) is 0 Å². The SMILES string of the molecule is CC1(C)CC[C@@H](F)[C@H](Cl)C1. The van der Waals surface area contributed by atoms with Crippen LogP contribution in [0.5, 0.6) is 0 Å². The van der Waals surface area contributed by atoms with E-state index < -0.39 is 6.17 Å². The summed E-state index contributed by atoms with van der Waals surface area (Å²) in [6.07, 6.45) is 1.66. The predicted octanol–water partition coefficient (Wildman–Crippen LogP) is 3.14. The third kappa shape index (κ3) is 1.85. The van der Waals surface area contributed by atoms with Gasteiger partial charge in [0, 0.05) is 0 Å². The molecule has 2 heteroatoms. The molecule has 0 aromatic heterocycles. The normalized spacial score (nSPS) is 39.6. The lowest BCUT2D eigenvalue weighted by atomic mass is 9.77. The average Bonchev–Trinajstić information content (AvgIpc) is 1.79. The van der Waals surface area contributed by atoms with E-state index in [1.165, 1.54) is 0 Å². The molecule has 2 atom stereocenters. The molecule has 1 aliphatic carbocycles. The largest absolute Gasteiger partial charge is 0.246 e. The predicted molar refractivity (Wildman–Crippen MR) is 42.2 cm³/mol. The van der Waals surface area contributed by atoms with Crippen LogP contribution in [0.15, 0.2) is 0 Å². The minimum atomic E-state index is -0.769. The highest BCUT2D eigenvalue weighted by atomic mass is 35.5. The van der Waals surface area contributed by atoms with Crippen LogP contribution in [-0.4, -0.2) is 11.5 Å². The summed E-state index contributed by atoms with van der Waals surface area (Å²) in [5, 5.41) is -0.247. The Morgan fingerprint density at radius 2 is 2.10 bits per heavy atom. The monoisotopic (exact) mass is 164 g/mol. The van der Waals surface area contributed by atoms with Gasteiger partial charge in [0.25, 0.3) is 0 Å². The molecule has 0 aromatic carbocycles. The van der Waals surface area contributed by atoms with E-state index in [1.54, 1.807) is 0 Å². The summed E-state index contributed by atoms with van der Waals surface area (Å²) in [4.78, 5) is 0. The Bertz CT molecular complexity index is 122. The van der Waals surface area contributed by atoms with Crippen molar-refractivity contribution in [3.05, 3.63) is 0 Å². The van der Waals surface area contributed by atoms with Gasteiger partial charge >= 0.3 is 0 Å². The molecule has 0 heterocycles. The van der Waals surface area contributed by atoms with E-state index in [9.17, 15) is 4.39 Å². The molecule has 1 aliphatic rings. The van der Waals surface area contributed by atoms with Crippen LogP contribution < -0.4 is 0 Å². The van der Waals surface area contributed by atoms with Crippen molar-refractivity contribution in [2.75, 3.05) is 0 Å². The minimum absolute atomic E-state index is 0.247. The fraction of sp³-hybridized carbons (Fsp3) is 1.00. The molecule has 1 rings (SSSR count). The molecule has 60 valence electrons. The van der Waals surface area contributed by atoms with E-state index in [0.717, 1.165) is 12.8 Å². The fourth-order valence-corrected chi connectivity index (χ4v) is 2.01. The maximum atomic E-state index is 12.8. The molecule has 0 nitrogen and oxygen atoms in total. The molecule has 10 heavy (non-hydrogen) atoms. The topological polar surface area (TPSA) is 0 Å². The minimum Gasteiger partial charge on any atom is -0.246 e. The zero-order valence-corrected chi connectivity index (χ0v) is 7.29. The van der Waals surface area contributed by atoms with E-state index in [4.69, 9.17) is 11.6 Å². The van der Waals surface area contributed by atoms with Gasteiger partial charge in [0.05, 0.1) is 5.38 Å². The third-order valence-corrected chi connectivity index (χ3v) is 2.66. The standard InChI is InChI=1S/C8H14ClF/c1-8(2)4-3-7(10)6(9)5-8/h6-7H,3-5H2,1-2H3/t6-,7-/m1/s1. The molecular weight excluding hydrogens is 151 g/mol. The molecule has 0 N–H and O–H groups in total. The van der Waals surface area contributed by atoms with Crippen LogP contribution in [0, 0.1) is 5.41 Å². The van der Waals surface area contributed by atoms with Crippen molar-refractivity contribution in [2.45, 2.75) is 44.7 Å². The van der Waals surface area contributed by atoms with Crippen molar-refractivity contribution in [1.82, 2.24) is 0 Å². The first kappa shape index (κ1) is 8.32. The summed E-state index contributed by atoms with van der Waals surface area (Å²) in [6.45, 7) is 4.29. The highest BCUT2D eigenvalue weighted by Crippen LogP contribution is 2.38. The lowest BCUT2D eigenvalue weighted by Gasteiger charge is -2.34. The van der Waals surface area contributed by atoms with E-state index >= 15 is 0 Å². The number of alkyl halides is 2. The number of hydrogen-bond acceptors (Lipinski definition) is 0. The van der Waals surface area contributed by atoms with Crippen LogP contribution in [0.4, 0.5) is 4.39 Å². The molecule has 0 aliphatic heterocycles. The van der Waals surface area contributed by atoms with Gasteiger partial charge in [-0.05, 0) is 24.7 Å². The molecule has 0 spiro atoms. The lowest BCUT2D eigenvalue weighted by molar-refractivity contribution is 0.157. The van der Waals surface area contributed by atoms with Gasteiger partial charge in [0.1, 0.15) is 6.17 Å². The first-order chi connectivity index (χ1) is 4.51. The van der Waals surface area contributed by atoms with E-state index in [2.05, 4.69) is 13.8 Å². The second-order valence-corrected chi connectivity index (χ2v) is 4.50. The molecule has 1 fully saturated rings. The van der Waals surface area contributed by atoms with Gasteiger partial charge in [-0.2, -0.15) is 0 Å². The van der Waals surface area contributed by atoms with Gasteiger partial charge < -0.3 is 0 Å². The molecule has 0 amide bonds. The van der Waals surface area contributed by atoms with Crippen LogP contribution >= 0.6 is 11.6 Å². The lowest BCUT2D eigenvalue weighted by Crippen LogP contribution is -2.31. The fourth-order valence-electron chi connectivity index (χ4n) is 1.47. The molecule has 0 saturated heterocycles. The highest BCUT2D eigenvalue weighted by molar-refractivity contribution is 6.21. The van der Waals surface area contributed by atoms with E-state index in [1.807, 2.05) is 0 Å². The van der Waals surface area contributed by atoms with Crippen LogP contribution in [0.3, 0.4) is 0 Å². The van der Waals surface area contributed by atoms with Crippen molar-refractivity contribution in [3.63, 3.8) is 0 Å². The Balaban J connectivity index is 2.49. The van der Waals surface area contributed by atoms with Gasteiger partial charge in [-0.1, -0.05) is 13.8 Å². The average molecular weight is 165 g/mol. The van der Waals surface area contributed by atoms with E-state index in [-0.39, 0.29) is 10.8 Å². The molecule has 1 saturated carbocycles. The van der Waals surface area contributed by atoms with Crippen molar-refractivity contribution in [2.24, 2.45) is 5.41 Å². The summed E-state index contributed by atoms with van der Waals surface area (Å²) in [5.74, 6) is 0. The first-order valence-corrected chi connectivity index (χ1v) is 4.23.